The SMILES string of the molecule is CC(NC(=O)c1ccc(OCC2CCCO2)cc1)c1cc2c(cc1Br)OCCO2. The van der Waals surface area contributed by atoms with Crippen molar-refractivity contribution in [3.05, 3.63) is 52.0 Å². The highest BCUT2D eigenvalue weighted by Gasteiger charge is 2.20. The van der Waals surface area contributed by atoms with Crippen molar-refractivity contribution in [1.82, 2.24) is 5.32 Å². The number of halogens is 1. The second kappa shape index (κ2) is 9.05. The minimum Gasteiger partial charge on any atom is -0.491 e. The molecule has 6 nitrogen and oxygen atoms in total. The van der Waals surface area contributed by atoms with Gasteiger partial charge in [0.1, 0.15) is 25.6 Å². The smallest absolute Gasteiger partial charge is 0.251 e. The average Bonchev–Trinajstić information content (AvgIpc) is 3.25. The van der Waals surface area contributed by atoms with Crippen LogP contribution < -0.4 is 19.5 Å². The van der Waals surface area contributed by atoms with Crippen LogP contribution in [0.2, 0.25) is 0 Å². The molecule has 29 heavy (non-hydrogen) atoms. The first-order valence-electron chi connectivity index (χ1n) is 9.84. The Labute approximate surface area is 178 Å². The number of hydrogen-bond acceptors (Lipinski definition) is 5. The lowest BCUT2D eigenvalue weighted by Crippen LogP contribution is -2.27. The topological polar surface area (TPSA) is 66.0 Å². The molecule has 2 aliphatic rings. The van der Waals surface area contributed by atoms with Crippen molar-refractivity contribution in [3.8, 4) is 17.2 Å². The van der Waals surface area contributed by atoms with Gasteiger partial charge in [0.25, 0.3) is 5.91 Å². The summed E-state index contributed by atoms with van der Waals surface area (Å²) in [5.74, 6) is 2.00. The van der Waals surface area contributed by atoms with E-state index in [2.05, 4.69) is 21.2 Å². The van der Waals surface area contributed by atoms with Crippen LogP contribution in [-0.4, -0.2) is 38.4 Å². The quantitative estimate of drug-likeness (QED) is 0.695. The maximum absolute atomic E-state index is 12.7. The Morgan fingerprint density at radius 3 is 2.59 bits per heavy atom. The zero-order chi connectivity index (χ0) is 20.2. The molecule has 2 aliphatic heterocycles. The molecule has 2 aromatic rings. The second-order valence-corrected chi connectivity index (χ2v) is 8.04. The van der Waals surface area contributed by atoms with Gasteiger partial charge in [0, 0.05) is 16.6 Å². The number of carbonyl (C=O) groups excluding carboxylic acids is 1. The lowest BCUT2D eigenvalue weighted by atomic mass is 10.1. The largest absolute Gasteiger partial charge is 0.491 e. The molecule has 0 aromatic heterocycles. The van der Waals surface area contributed by atoms with Gasteiger partial charge in [0.2, 0.25) is 0 Å². The Hall–Kier alpha value is -2.25. The first-order chi connectivity index (χ1) is 14.1. The van der Waals surface area contributed by atoms with Crippen LogP contribution in [0.15, 0.2) is 40.9 Å². The standard InChI is InChI=1S/C22H24BrNO5/c1-14(18-11-20-21(12-19(18)23)28-10-9-27-20)24-22(25)15-4-6-16(7-5-15)29-13-17-3-2-8-26-17/h4-7,11-12,14,17H,2-3,8-10,13H2,1H3,(H,24,25). The zero-order valence-electron chi connectivity index (χ0n) is 16.3. The fourth-order valence-corrected chi connectivity index (χ4v) is 4.10. The van der Waals surface area contributed by atoms with Crippen LogP contribution >= 0.6 is 15.9 Å². The molecule has 2 heterocycles. The van der Waals surface area contributed by atoms with E-state index >= 15 is 0 Å². The summed E-state index contributed by atoms with van der Waals surface area (Å²) in [5, 5.41) is 3.03. The average molecular weight is 462 g/mol. The number of fused-ring (bicyclic) bond motifs is 1. The van der Waals surface area contributed by atoms with Crippen LogP contribution in [0.5, 0.6) is 17.2 Å². The molecule has 2 aromatic carbocycles. The molecule has 0 radical (unpaired) electrons. The molecule has 7 heteroatoms. The van der Waals surface area contributed by atoms with E-state index in [9.17, 15) is 4.79 Å². The zero-order valence-corrected chi connectivity index (χ0v) is 17.9. The Morgan fingerprint density at radius 2 is 1.90 bits per heavy atom. The van der Waals surface area contributed by atoms with Crippen molar-refractivity contribution >= 4 is 21.8 Å². The number of benzene rings is 2. The Kier molecular flexibility index (Phi) is 6.25. The lowest BCUT2D eigenvalue weighted by molar-refractivity contribution is 0.0679. The van der Waals surface area contributed by atoms with Crippen molar-refractivity contribution in [2.75, 3.05) is 26.4 Å². The monoisotopic (exact) mass is 461 g/mol. The third-order valence-electron chi connectivity index (χ3n) is 5.05. The van der Waals surface area contributed by atoms with Crippen molar-refractivity contribution in [2.24, 2.45) is 0 Å². The third kappa shape index (κ3) is 4.85. The number of nitrogens with one attached hydrogen (secondary N) is 1. The number of rotatable bonds is 6. The summed E-state index contributed by atoms with van der Waals surface area (Å²) in [6.07, 6.45) is 2.29. The molecular formula is C22H24BrNO5. The molecule has 2 unspecified atom stereocenters. The molecule has 2 atom stereocenters. The molecular weight excluding hydrogens is 438 g/mol. The molecule has 0 bridgehead atoms. The number of carbonyl (C=O) groups is 1. The molecule has 154 valence electrons. The first-order valence-corrected chi connectivity index (χ1v) is 10.6. The molecule has 0 saturated carbocycles. The van der Waals surface area contributed by atoms with Crippen molar-refractivity contribution < 1.29 is 23.7 Å². The summed E-state index contributed by atoms with van der Waals surface area (Å²) in [7, 11) is 0. The summed E-state index contributed by atoms with van der Waals surface area (Å²) in [6, 6.07) is 10.8. The van der Waals surface area contributed by atoms with E-state index in [1.54, 1.807) is 12.1 Å². The van der Waals surface area contributed by atoms with Crippen LogP contribution in [0.1, 0.15) is 41.7 Å². The van der Waals surface area contributed by atoms with E-state index in [-0.39, 0.29) is 18.1 Å². The summed E-state index contributed by atoms with van der Waals surface area (Å²) in [4.78, 5) is 12.7. The summed E-state index contributed by atoms with van der Waals surface area (Å²) >= 11 is 3.56. The van der Waals surface area contributed by atoms with Crippen LogP contribution in [-0.2, 0) is 4.74 Å². The summed E-state index contributed by atoms with van der Waals surface area (Å²) < 4.78 is 23.4. The molecule has 1 fully saturated rings. The molecule has 1 N–H and O–H groups in total. The van der Waals surface area contributed by atoms with Gasteiger partial charge in [-0.2, -0.15) is 0 Å². The van der Waals surface area contributed by atoms with Crippen LogP contribution in [0.25, 0.3) is 0 Å². The number of hydrogen-bond donors (Lipinski definition) is 1. The van der Waals surface area contributed by atoms with Crippen molar-refractivity contribution in [1.29, 1.82) is 0 Å². The van der Waals surface area contributed by atoms with E-state index < -0.39 is 0 Å². The highest BCUT2D eigenvalue weighted by atomic mass is 79.9. The minimum atomic E-state index is -0.205. The molecule has 1 saturated heterocycles. The van der Waals surface area contributed by atoms with E-state index in [1.807, 2.05) is 31.2 Å². The third-order valence-corrected chi connectivity index (χ3v) is 5.74. The Morgan fingerprint density at radius 1 is 1.17 bits per heavy atom. The van der Waals surface area contributed by atoms with Crippen molar-refractivity contribution in [2.45, 2.75) is 31.9 Å². The summed E-state index contributed by atoms with van der Waals surface area (Å²) in [5.41, 5.74) is 1.51. The lowest BCUT2D eigenvalue weighted by Gasteiger charge is -2.22. The van der Waals surface area contributed by atoms with Gasteiger partial charge in [-0.3, -0.25) is 4.79 Å². The van der Waals surface area contributed by atoms with E-state index in [0.29, 0.717) is 36.9 Å². The first kappa shape index (κ1) is 20.0. The van der Waals surface area contributed by atoms with Gasteiger partial charge in [-0.05, 0) is 61.7 Å². The highest BCUT2D eigenvalue weighted by Crippen LogP contribution is 2.37. The Balaban J connectivity index is 1.37. The summed E-state index contributed by atoms with van der Waals surface area (Å²) in [6.45, 7) is 4.35. The van der Waals surface area contributed by atoms with Gasteiger partial charge in [0.05, 0.1) is 12.1 Å². The van der Waals surface area contributed by atoms with Gasteiger partial charge in [0.15, 0.2) is 11.5 Å². The van der Waals surface area contributed by atoms with Crippen LogP contribution in [0, 0.1) is 0 Å². The van der Waals surface area contributed by atoms with Gasteiger partial charge in [-0.1, -0.05) is 15.9 Å². The molecule has 1 amide bonds. The predicted molar refractivity (Wildman–Crippen MR) is 112 cm³/mol. The van der Waals surface area contributed by atoms with Gasteiger partial charge < -0.3 is 24.3 Å². The molecule has 0 aliphatic carbocycles. The molecule has 0 spiro atoms. The maximum atomic E-state index is 12.7. The maximum Gasteiger partial charge on any atom is 0.251 e. The normalized spacial score (nSPS) is 18.9. The number of amides is 1. The van der Waals surface area contributed by atoms with Crippen LogP contribution in [0.3, 0.4) is 0 Å². The number of ether oxygens (including phenoxy) is 4. The minimum absolute atomic E-state index is 0.148. The van der Waals surface area contributed by atoms with Crippen molar-refractivity contribution in [3.63, 3.8) is 0 Å². The highest BCUT2D eigenvalue weighted by molar-refractivity contribution is 9.10. The van der Waals surface area contributed by atoms with Gasteiger partial charge in [-0.15, -0.1) is 0 Å². The van der Waals surface area contributed by atoms with E-state index in [0.717, 1.165) is 35.2 Å². The fraction of sp³-hybridized carbons (Fsp3) is 0.409. The van der Waals surface area contributed by atoms with Gasteiger partial charge >= 0.3 is 0 Å². The van der Waals surface area contributed by atoms with E-state index in [1.165, 1.54) is 0 Å². The molecule has 4 rings (SSSR count). The fourth-order valence-electron chi connectivity index (χ4n) is 3.44. The predicted octanol–water partition coefficient (Wildman–Crippen LogP) is 4.27. The second-order valence-electron chi connectivity index (χ2n) is 7.18. The van der Waals surface area contributed by atoms with E-state index in [4.69, 9.17) is 18.9 Å². The Bertz CT molecular complexity index is 864. The van der Waals surface area contributed by atoms with Gasteiger partial charge in [-0.25, -0.2) is 0 Å². The van der Waals surface area contributed by atoms with Crippen LogP contribution in [0.4, 0.5) is 0 Å².